The second kappa shape index (κ2) is 43.1. The minimum Gasteiger partial charge on any atom is -0.370 e. The fourth-order valence-electron chi connectivity index (χ4n) is 9.09. The lowest BCUT2D eigenvalue weighted by Gasteiger charge is -2.27. The Balaban J connectivity index is 2.17. The highest BCUT2D eigenvalue weighted by molar-refractivity contribution is 5.96. The van der Waals surface area contributed by atoms with E-state index in [-0.39, 0.29) is 44.1 Å². The maximum atomic E-state index is 14.4. The van der Waals surface area contributed by atoms with E-state index in [4.69, 9.17) is 28.7 Å². The van der Waals surface area contributed by atoms with Crippen molar-refractivity contribution >= 4 is 53.2 Å². The zero-order valence-corrected chi connectivity index (χ0v) is 48.7. The number of benzene rings is 2. The van der Waals surface area contributed by atoms with E-state index in [1.165, 1.54) is 57.8 Å². The number of nitrogens with one attached hydrogen (secondary N) is 8. The molecule has 2 rings (SSSR count). The van der Waals surface area contributed by atoms with Gasteiger partial charge in [-0.15, -0.1) is 0 Å². The molecule has 0 heterocycles. The summed E-state index contributed by atoms with van der Waals surface area (Å²) in [5, 5.41) is 16.3. The molecular weight excluding hydrogens is 1030 g/mol. The third-order valence-corrected chi connectivity index (χ3v) is 13.9. The van der Waals surface area contributed by atoms with Crippen molar-refractivity contribution in [3.8, 4) is 0 Å². The number of nitrogens with zero attached hydrogens (tertiary/aromatic N) is 1. The molecule has 0 aliphatic rings. The monoisotopic (exact) mass is 1130 g/mol. The number of unbranched alkanes of at least 4 members (excludes halogenated alkanes) is 14. The van der Waals surface area contributed by atoms with Gasteiger partial charge in [-0.25, -0.2) is 5.43 Å². The first-order chi connectivity index (χ1) is 39.0. The highest BCUT2D eigenvalue weighted by Gasteiger charge is 2.33. The second-order valence-electron chi connectivity index (χ2n) is 21.3. The van der Waals surface area contributed by atoms with Gasteiger partial charge in [0.1, 0.15) is 36.3 Å². The minimum atomic E-state index is -1.27. The van der Waals surface area contributed by atoms with E-state index in [9.17, 15) is 38.4 Å². The normalized spacial score (nSPS) is 13.3. The zero-order valence-electron chi connectivity index (χ0n) is 48.7. The van der Waals surface area contributed by atoms with Gasteiger partial charge in [0.2, 0.25) is 47.3 Å². The number of hydrazine groups is 1. The Bertz CT molecular complexity index is 2170. The van der Waals surface area contributed by atoms with Gasteiger partial charge in [-0.3, -0.25) is 48.8 Å². The summed E-state index contributed by atoms with van der Waals surface area (Å²) in [5.74, 6) is -5.61. The van der Waals surface area contributed by atoms with Crippen LogP contribution in [0.15, 0.2) is 65.7 Å². The molecule has 2 aromatic carbocycles. The van der Waals surface area contributed by atoms with Gasteiger partial charge in [-0.1, -0.05) is 165 Å². The van der Waals surface area contributed by atoms with Crippen LogP contribution in [-0.4, -0.2) is 116 Å². The molecule has 22 nitrogen and oxygen atoms in total. The van der Waals surface area contributed by atoms with E-state index in [0.717, 1.165) is 25.7 Å². The number of carbonyl (C=O) groups is 8. The number of guanidine groups is 1. The van der Waals surface area contributed by atoms with E-state index in [2.05, 4.69) is 54.7 Å². The molecule has 454 valence electrons. The quantitative estimate of drug-likeness (QED) is 0.0197. The van der Waals surface area contributed by atoms with Crippen LogP contribution >= 0.6 is 0 Å². The van der Waals surface area contributed by atoms with E-state index in [1.807, 2.05) is 0 Å². The summed E-state index contributed by atoms with van der Waals surface area (Å²) in [6.45, 7) is 6.08. The Morgan fingerprint density at radius 3 is 1.41 bits per heavy atom. The van der Waals surface area contributed by atoms with Crippen LogP contribution in [0.5, 0.6) is 0 Å². The molecule has 81 heavy (non-hydrogen) atoms. The summed E-state index contributed by atoms with van der Waals surface area (Å²) >= 11 is 0. The summed E-state index contributed by atoms with van der Waals surface area (Å²) in [4.78, 5) is 113. The van der Waals surface area contributed by atoms with Crippen LogP contribution in [0.3, 0.4) is 0 Å². The lowest BCUT2D eigenvalue weighted by Crippen LogP contribution is -2.59. The number of rotatable bonds is 46. The molecule has 0 unspecified atom stereocenters. The smallest absolute Gasteiger partial charge is 0.243 e. The van der Waals surface area contributed by atoms with Crippen LogP contribution < -0.4 is 71.4 Å². The van der Waals surface area contributed by atoms with Gasteiger partial charge in [-0.2, -0.15) is 0 Å². The van der Waals surface area contributed by atoms with Gasteiger partial charge in [0, 0.05) is 25.8 Å². The molecule has 8 amide bonds. The van der Waals surface area contributed by atoms with Crippen molar-refractivity contribution in [2.45, 2.75) is 211 Å². The number of carbonyl (C=O) groups excluding carboxylic acids is 8. The van der Waals surface area contributed by atoms with Gasteiger partial charge >= 0.3 is 0 Å². The first-order valence-electron chi connectivity index (χ1n) is 29.6. The fraction of sp³-hybridized carbons (Fsp3) is 0.644. The van der Waals surface area contributed by atoms with Gasteiger partial charge in [0.25, 0.3) is 0 Å². The molecule has 0 fully saturated rings. The zero-order chi connectivity index (χ0) is 59.6. The fourth-order valence-corrected chi connectivity index (χ4v) is 9.09. The van der Waals surface area contributed by atoms with Crippen LogP contribution in [0.4, 0.5) is 0 Å². The van der Waals surface area contributed by atoms with Crippen LogP contribution in [0.2, 0.25) is 0 Å². The van der Waals surface area contributed by atoms with Crippen LogP contribution in [-0.2, 0) is 51.2 Å². The predicted octanol–water partition coefficient (Wildman–Crippen LogP) is 2.94. The molecule has 0 aliphatic heterocycles. The third-order valence-electron chi connectivity index (χ3n) is 13.9. The highest BCUT2D eigenvalue weighted by atomic mass is 16.2. The molecule has 2 aromatic rings. The maximum Gasteiger partial charge on any atom is 0.243 e. The number of nitrogens with two attached hydrogens (primary N) is 5. The number of hydrogen-bond donors (Lipinski definition) is 13. The molecule has 0 aliphatic carbocycles. The first-order valence-corrected chi connectivity index (χ1v) is 29.6. The largest absolute Gasteiger partial charge is 0.370 e. The van der Waals surface area contributed by atoms with Gasteiger partial charge in [0.15, 0.2) is 5.96 Å². The van der Waals surface area contributed by atoms with Crippen LogP contribution in [0, 0.1) is 5.92 Å². The average molecular weight is 1130 g/mol. The molecular formula is C59H100N14O8. The van der Waals surface area contributed by atoms with E-state index in [0.29, 0.717) is 69.2 Å². The molecule has 0 saturated carbocycles. The summed E-state index contributed by atoms with van der Waals surface area (Å²) in [7, 11) is 0. The van der Waals surface area contributed by atoms with Crippen molar-refractivity contribution in [3.63, 3.8) is 0 Å². The predicted molar refractivity (Wildman–Crippen MR) is 318 cm³/mol. The van der Waals surface area contributed by atoms with Crippen molar-refractivity contribution in [3.05, 3.63) is 71.8 Å². The summed E-state index contributed by atoms with van der Waals surface area (Å²) in [6, 6.07) is 11.0. The summed E-state index contributed by atoms with van der Waals surface area (Å²) < 4.78 is 0. The lowest BCUT2D eigenvalue weighted by atomic mass is 10.0. The number of amides is 8. The van der Waals surface area contributed by atoms with Crippen molar-refractivity contribution in [1.29, 1.82) is 0 Å². The molecule has 18 N–H and O–H groups in total. The van der Waals surface area contributed by atoms with Crippen molar-refractivity contribution < 1.29 is 38.4 Å². The molecule has 0 aromatic heterocycles. The van der Waals surface area contributed by atoms with Gasteiger partial charge in [-0.05, 0) is 81.5 Å². The Labute approximate surface area is 481 Å². The SMILES string of the molecule is CCCCCCCCCCCCCCCC(=O)NN[C@@H](CCCCN)C(=O)N[C@H](C(=O)NCC(=O)N[C@@H](Cc1ccccc1)C(=O)N[C@@H](Cc1ccccc1)C(=O)N[C@@H](CCCCN)C(=O)N[C@@H](CCCN=C(N)N)C(N)=O)C(C)C. The van der Waals surface area contributed by atoms with Crippen molar-refractivity contribution in [2.75, 3.05) is 26.2 Å². The average Bonchev–Trinajstić information content (AvgIpc) is 3.45. The topological polar surface area (TPSA) is 375 Å². The van der Waals surface area contributed by atoms with Crippen molar-refractivity contribution in [2.24, 2.45) is 39.6 Å². The van der Waals surface area contributed by atoms with E-state index >= 15 is 0 Å². The second-order valence-corrected chi connectivity index (χ2v) is 21.3. The number of primary amides is 1. The summed E-state index contributed by atoms with van der Waals surface area (Å²) in [5.41, 5.74) is 34.9. The minimum absolute atomic E-state index is 0.00694. The van der Waals surface area contributed by atoms with Gasteiger partial charge in [0.05, 0.1) is 6.54 Å². The molecule has 6 atom stereocenters. The van der Waals surface area contributed by atoms with E-state index < -0.39 is 90.1 Å². The Kier molecular flexibility index (Phi) is 37.5. The van der Waals surface area contributed by atoms with Crippen LogP contribution in [0.25, 0.3) is 0 Å². The van der Waals surface area contributed by atoms with Crippen molar-refractivity contribution in [1.82, 2.24) is 42.8 Å². The maximum absolute atomic E-state index is 14.4. The Hall–Kier alpha value is -6.65. The lowest BCUT2D eigenvalue weighted by molar-refractivity contribution is -0.134. The summed E-state index contributed by atoms with van der Waals surface area (Å²) in [6.07, 6.45) is 18.9. The Morgan fingerprint density at radius 2 is 0.914 bits per heavy atom. The van der Waals surface area contributed by atoms with Crippen LogP contribution in [0.1, 0.15) is 173 Å². The first kappa shape index (κ1) is 70.5. The Morgan fingerprint density at radius 1 is 0.469 bits per heavy atom. The number of aliphatic imine (C=N–C) groups is 1. The molecule has 22 heteroatoms. The molecule has 0 radical (unpaired) electrons. The molecule has 0 spiro atoms. The van der Waals surface area contributed by atoms with E-state index in [1.54, 1.807) is 74.5 Å². The third kappa shape index (κ3) is 32.4. The van der Waals surface area contributed by atoms with Gasteiger partial charge < -0.3 is 60.6 Å². The molecule has 0 saturated heterocycles. The standard InChI is InChI=1S/C59H100N14O8/c1-4-5-6-7-8-9-10-11-12-13-14-15-22-35-50(74)73-72-47(33-24-26-37-61)55(78)71-52(42(2)3)58(81)66-41-51(75)67-48(39-43-28-18-16-19-29-43)56(79)70-49(40-44-30-20-17-21-31-44)57(80)69-46(32-23-25-36-60)54(77)68-45(53(62)76)34-27-38-65-59(63)64/h16-21,28-31,42,45-49,52,72H,4-15,22-27,32-41,60-61H2,1-3H3,(H2,62,76)(H,66,81)(H,67,75)(H,68,77)(H,69,80)(H,70,79)(H,71,78)(H,73,74)(H4,63,64,65)/t45-,46-,47-,48-,49-,52-/m0/s1. The molecule has 0 bridgehead atoms. The highest BCUT2D eigenvalue weighted by Crippen LogP contribution is 2.14. The number of hydrogen-bond acceptors (Lipinski definition) is 12.